The number of hydrogen-bond donors (Lipinski definition) is 1. The number of hydrogen-bond acceptors (Lipinski definition) is 6. The molecule has 0 amide bonds. The van der Waals surface area contributed by atoms with Crippen molar-refractivity contribution < 1.29 is 13.3 Å². The van der Waals surface area contributed by atoms with Crippen LogP contribution in [0.2, 0.25) is 0 Å². The van der Waals surface area contributed by atoms with E-state index in [0.717, 1.165) is 32.0 Å². The van der Waals surface area contributed by atoms with E-state index in [-0.39, 0.29) is 10.6 Å². The average Bonchev–Trinajstić information content (AvgIpc) is 2.48. The highest BCUT2D eigenvalue weighted by Crippen LogP contribution is 2.29. The Bertz CT molecular complexity index is 684. The largest absolute Gasteiger partial charge is 0.373 e. The fraction of sp³-hybridized carbons (Fsp3) is 0.571. The number of primary sulfonamides is 1. The Labute approximate surface area is 136 Å². The first kappa shape index (κ1) is 17.6. The maximum Gasteiger partial charge on any atom is 0.270 e. The number of benzene rings is 1. The van der Waals surface area contributed by atoms with Crippen LogP contribution in [0.4, 0.5) is 11.4 Å². The van der Waals surface area contributed by atoms with E-state index in [1.807, 2.05) is 4.90 Å². The van der Waals surface area contributed by atoms with Gasteiger partial charge in [0, 0.05) is 25.7 Å². The summed E-state index contributed by atoms with van der Waals surface area (Å²) in [5, 5.41) is 16.1. The van der Waals surface area contributed by atoms with E-state index in [2.05, 4.69) is 11.9 Å². The van der Waals surface area contributed by atoms with E-state index >= 15 is 0 Å². The number of nitrogens with zero attached hydrogens (tertiary/aromatic N) is 3. The molecule has 2 N–H and O–H groups in total. The molecule has 0 saturated carbocycles. The normalized spacial score (nSPS) is 17.2. The van der Waals surface area contributed by atoms with Crippen LogP contribution < -0.4 is 10.0 Å². The lowest BCUT2D eigenvalue weighted by molar-refractivity contribution is -0.385. The van der Waals surface area contributed by atoms with Crippen LogP contribution in [-0.4, -0.2) is 52.0 Å². The van der Waals surface area contributed by atoms with Crippen molar-refractivity contribution in [1.29, 1.82) is 0 Å². The Morgan fingerprint density at radius 1 is 1.39 bits per heavy atom. The number of nitro groups is 1. The predicted molar refractivity (Wildman–Crippen MR) is 88.0 cm³/mol. The van der Waals surface area contributed by atoms with Crippen LogP contribution in [0.5, 0.6) is 0 Å². The van der Waals surface area contributed by atoms with Crippen molar-refractivity contribution in [1.82, 2.24) is 4.90 Å². The van der Waals surface area contributed by atoms with Gasteiger partial charge in [-0.2, -0.15) is 0 Å². The van der Waals surface area contributed by atoms with Gasteiger partial charge in [0.25, 0.3) is 5.69 Å². The minimum Gasteiger partial charge on any atom is -0.373 e. The summed E-state index contributed by atoms with van der Waals surface area (Å²) in [5.41, 5.74) is 0.113. The van der Waals surface area contributed by atoms with Gasteiger partial charge in [-0.05, 0) is 45.0 Å². The van der Waals surface area contributed by atoms with Gasteiger partial charge in [-0.1, -0.05) is 0 Å². The molecule has 1 aromatic rings. The third kappa shape index (κ3) is 4.40. The van der Waals surface area contributed by atoms with Crippen LogP contribution in [0.1, 0.15) is 12.8 Å². The second kappa shape index (κ2) is 6.81. The summed E-state index contributed by atoms with van der Waals surface area (Å²) in [6.45, 7) is 2.72. The first-order valence-electron chi connectivity index (χ1n) is 7.39. The maximum atomic E-state index is 11.8. The first-order chi connectivity index (χ1) is 10.7. The van der Waals surface area contributed by atoms with Gasteiger partial charge in [0.1, 0.15) is 4.90 Å². The molecule has 0 unspecified atom stereocenters. The number of nitrogens with two attached hydrogens (primary N) is 1. The molecule has 1 aliphatic rings. The molecule has 0 aromatic heterocycles. The van der Waals surface area contributed by atoms with Gasteiger partial charge >= 0.3 is 0 Å². The zero-order chi connectivity index (χ0) is 17.2. The summed E-state index contributed by atoms with van der Waals surface area (Å²) in [6.07, 6.45) is 2.08. The molecule has 0 spiro atoms. The van der Waals surface area contributed by atoms with Crippen molar-refractivity contribution in [3.63, 3.8) is 0 Å². The number of rotatable bonds is 5. The first-order valence-corrected chi connectivity index (χ1v) is 8.94. The lowest BCUT2D eigenvalue weighted by Gasteiger charge is -2.32. The molecule has 1 heterocycles. The summed E-state index contributed by atoms with van der Waals surface area (Å²) in [5.74, 6) is 0.458. The van der Waals surface area contributed by atoms with Crippen molar-refractivity contribution in [2.45, 2.75) is 17.7 Å². The van der Waals surface area contributed by atoms with E-state index < -0.39 is 14.9 Å². The lowest BCUT2D eigenvalue weighted by Crippen LogP contribution is -2.36. The molecule has 23 heavy (non-hydrogen) atoms. The smallest absolute Gasteiger partial charge is 0.270 e. The molecule has 0 aliphatic carbocycles. The number of sulfonamides is 1. The fourth-order valence-electron chi connectivity index (χ4n) is 2.89. The number of nitro benzene ring substituents is 1. The fourth-order valence-corrected chi connectivity index (χ4v) is 3.69. The summed E-state index contributed by atoms with van der Waals surface area (Å²) in [4.78, 5) is 14.1. The molecule has 1 fully saturated rings. The van der Waals surface area contributed by atoms with Gasteiger partial charge in [0.2, 0.25) is 10.0 Å². The van der Waals surface area contributed by atoms with Crippen molar-refractivity contribution in [3.8, 4) is 0 Å². The number of non-ortho nitro benzene ring substituents is 1. The van der Waals surface area contributed by atoms with Gasteiger partial charge < -0.3 is 9.80 Å². The van der Waals surface area contributed by atoms with Crippen molar-refractivity contribution in [2.24, 2.45) is 11.1 Å². The van der Waals surface area contributed by atoms with Gasteiger partial charge in [0.15, 0.2) is 0 Å². The average molecular weight is 342 g/mol. The summed E-state index contributed by atoms with van der Waals surface area (Å²) >= 11 is 0. The van der Waals surface area contributed by atoms with E-state index in [0.29, 0.717) is 18.2 Å². The molecule has 128 valence electrons. The third-order valence-electron chi connectivity index (χ3n) is 4.24. The van der Waals surface area contributed by atoms with Crippen molar-refractivity contribution in [3.05, 3.63) is 28.3 Å². The van der Waals surface area contributed by atoms with E-state index in [1.165, 1.54) is 12.1 Å². The van der Waals surface area contributed by atoms with Gasteiger partial charge in [-0.25, -0.2) is 13.6 Å². The Hall–Kier alpha value is -1.71. The molecule has 2 rings (SSSR count). The number of likely N-dealkylation sites (tertiary alicyclic amines) is 1. The van der Waals surface area contributed by atoms with Crippen LogP contribution in [-0.2, 0) is 10.0 Å². The summed E-state index contributed by atoms with van der Waals surface area (Å²) in [6, 6.07) is 3.78. The Morgan fingerprint density at radius 3 is 2.52 bits per heavy atom. The predicted octanol–water partition coefficient (Wildman–Crippen LogP) is 1.02. The Morgan fingerprint density at radius 2 is 2.00 bits per heavy atom. The minimum absolute atomic E-state index is 0.206. The zero-order valence-corrected chi connectivity index (χ0v) is 14.1. The van der Waals surface area contributed by atoms with Gasteiger partial charge in [0.05, 0.1) is 10.6 Å². The number of anilines is 1. The third-order valence-corrected chi connectivity index (χ3v) is 5.18. The highest BCUT2D eigenvalue weighted by Gasteiger charge is 2.24. The van der Waals surface area contributed by atoms with Crippen LogP contribution in [0.15, 0.2) is 23.1 Å². The van der Waals surface area contributed by atoms with Gasteiger partial charge in [-0.3, -0.25) is 10.1 Å². The second-order valence-electron chi connectivity index (χ2n) is 6.08. The molecule has 0 bridgehead atoms. The standard InChI is InChI=1S/C14H22N4O4S/c1-16-7-5-11(6-8-16)10-17(2)13-4-3-12(18(19)20)9-14(13)23(15,21)22/h3-4,9,11H,5-8,10H2,1-2H3,(H2,15,21,22). The summed E-state index contributed by atoms with van der Waals surface area (Å²) in [7, 11) is -0.174. The molecule has 1 aliphatic heterocycles. The molecular weight excluding hydrogens is 320 g/mol. The maximum absolute atomic E-state index is 11.8. The van der Waals surface area contributed by atoms with Crippen LogP contribution in [0, 0.1) is 16.0 Å². The van der Waals surface area contributed by atoms with E-state index in [4.69, 9.17) is 5.14 Å². The molecule has 1 aromatic carbocycles. The van der Waals surface area contributed by atoms with Crippen LogP contribution >= 0.6 is 0 Å². The molecular formula is C14H22N4O4S. The minimum atomic E-state index is -4.04. The monoisotopic (exact) mass is 342 g/mol. The topological polar surface area (TPSA) is 110 Å². The number of piperidine rings is 1. The van der Waals surface area contributed by atoms with Crippen molar-refractivity contribution >= 4 is 21.4 Å². The van der Waals surface area contributed by atoms with Crippen molar-refractivity contribution in [2.75, 3.05) is 38.6 Å². The zero-order valence-electron chi connectivity index (χ0n) is 13.3. The molecule has 9 heteroatoms. The molecule has 0 atom stereocenters. The summed E-state index contributed by atoms with van der Waals surface area (Å²) < 4.78 is 23.6. The van der Waals surface area contributed by atoms with Gasteiger partial charge in [-0.15, -0.1) is 0 Å². The SMILES string of the molecule is CN1CCC(CN(C)c2ccc([N+](=O)[O-])cc2S(N)(=O)=O)CC1. The molecule has 0 radical (unpaired) electrons. The quantitative estimate of drug-likeness (QED) is 0.632. The lowest BCUT2D eigenvalue weighted by atomic mass is 9.96. The Balaban J connectivity index is 2.25. The van der Waals surface area contributed by atoms with Crippen LogP contribution in [0.3, 0.4) is 0 Å². The second-order valence-corrected chi connectivity index (χ2v) is 7.61. The highest BCUT2D eigenvalue weighted by atomic mass is 32.2. The molecule has 8 nitrogen and oxygen atoms in total. The highest BCUT2D eigenvalue weighted by molar-refractivity contribution is 7.89. The van der Waals surface area contributed by atoms with Crippen LogP contribution in [0.25, 0.3) is 0 Å². The van der Waals surface area contributed by atoms with E-state index in [1.54, 1.807) is 7.05 Å². The Kier molecular flexibility index (Phi) is 5.23. The molecule has 1 saturated heterocycles. The van der Waals surface area contributed by atoms with E-state index in [9.17, 15) is 18.5 Å².